The van der Waals surface area contributed by atoms with Gasteiger partial charge in [0.2, 0.25) is 0 Å². The van der Waals surface area contributed by atoms with E-state index in [-0.39, 0.29) is 11.5 Å². The number of aliphatic hydroxyl groups is 1. The first kappa shape index (κ1) is 12.9. The summed E-state index contributed by atoms with van der Waals surface area (Å²) in [6, 6.07) is 0. The zero-order chi connectivity index (χ0) is 11.5. The van der Waals surface area contributed by atoms with Crippen LogP contribution in [0.25, 0.3) is 0 Å². The van der Waals surface area contributed by atoms with Gasteiger partial charge < -0.3 is 14.7 Å². The molecule has 1 N–H and O–H groups in total. The lowest BCUT2D eigenvalue weighted by Crippen LogP contribution is -2.44. The topological polar surface area (TPSA) is 32.7 Å². The van der Waals surface area contributed by atoms with Crippen LogP contribution in [0.15, 0.2) is 0 Å². The van der Waals surface area contributed by atoms with Crippen LogP contribution in [0.2, 0.25) is 0 Å². The van der Waals surface area contributed by atoms with Crippen molar-refractivity contribution in [2.24, 2.45) is 5.41 Å². The molecule has 3 heteroatoms. The van der Waals surface area contributed by atoms with Crippen LogP contribution in [-0.4, -0.2) is 49.0 Å². The van der Waals surface area contributed by atoms with Gasteiger partial charge in [-0.3, -0.25) is 0 Å². The van der Waals surface area contributed by atoms with Gasteiger partial charge in [-0.25, -0.2) is 0 Å². The summed E-state index contributed by atoms with van der Waals surface area (Å²) in [5.74, 6) is 0. The Morgan fingerprint density at radius 3 is 2.27 bits per heavy atom. The Kier molecular flexibility index (Phi) is 4.56. The lowest BCUT2D eigenvalue weighted by Gasteiger charge is -2.35. The van der Waals surface area contributed by atoms with Crippen molar-refractivity contribution < 1.29 is 9.84 Å². The fourth-order valence-corrected chi connectivity index (χ4v) is 1.85. The van der Waals surface area contributed by atoms with E-state index in [9.17, 15) is 5.11 Å². The molecule has 1 saturated heterocycles. The van der Waals surface area contributed by atoms with Gasteiger partial charge in [-0.2, -0.15) is 0 Å². The van der Waals surface area contributed by atoms with Crippen molar-refractivity contribution in [2.75, 3.05) is 26.7 Å². The molecule has 0 saturated carbocycles. The fourth-order valence-electron chi connectivity index (χ4n) is 1.85. The molecule has 0 radical (unpaired) electrons. The van der Waals surface area contributed by atoms with E-state index in [0.717, 1.165) is 32.5 Å². The number of hydrogen-bond acceptors (Lipinski definition) is 3. The van der Waals surface area contributed by atoms with E-state index in [0.29, 0.717) is 6.10 Å². The lowest BCUT2D eigenvalue weighted by molar-refractivity contribution is -0.00353. The first-order valence-corrected chi connectivity index (χ1v) is 5.86. The number of hydrogen-bond donors (Lipinski definition) is 1. The van der Waals surface area contributed by atoms with Crippen LogP contribution in [0.1, 0.15) is 33.6 Å². The summed E-state index contributed by atoms with van der Waals surface area (Å²) < 4.78 is 5.32. The standard InChI is InChI=1S/C12H25NO2/c1-12(2,3)11(14)9-13-7-5-10(15-4)6-8-13/h10-11,14H,5-9H2,1-4H3. The molecule has 90 valence electrons. The highest BCUT2D eigenvalue weighted by molar-refractivity contribution is 4.79. The predicted octanol–water partition coefficient (Wildman–Crippen LogP) is 1.50. The minimum Gasteiger partial charge on any atom is -0.391 e. The molecule has 0 aliphatic carbocycles. The van der Waals surface area contributed by atoms with Gasteiger partial charge in [0.25, 0.3) is 0 Å². The Morgan fingerprint density at radius 1 is 1.33 bits per heavy atom. The quantitative estimate of drug-likeness (QED) is 0.774. The van der Waals surface area contributed by atoms with Gasteiger partial charge in [-0.05, 0) is 18.3 Å². The van der Waals surface area contributed by atoms with Crippen molar-refractivity contribution in [3.05, 3.63) is 0 Å². The van der Waals surface area contributed by atoms with Crippen molar-refractivity contribution in [2.45, 2.75) is 45.8 Å². The second-order valence-corrected chi connectivity index (χ2v) is 5.62. The molecule has 0 amide bonds. The molecule has 1 aliphatic rings. The molecule has 1 unspecified atom stereocenters. The minimum atomic E-state index is -0.239. The molecule has 0 bridgehead atoms. The zero-order valence-electron chi connectivity index (χ0n) is 10.5. The van der Waals surface area contributed by atoms with Gasteiger partial charge in [-0.15, -0.1) is 0 Å². The van der Waals surface area contributed by atoms with Gasteiger partial charge in [0.15, 0.2) is 0 Å². The van der Waals surface area contributed by atoms with Gasteiger partial charge in [0.1, 0.15) is 0 Å². The summed E-state index contributed by atoms with van der Waals surface area (Å²) in [6.07, 6.45) is 2.37. The third-order valence-corrected chi connectivity index (χ3v) is 3.30. The molecule has 1 heterocycles. The maximum Gasteiger partial charge on any atom is 0.0715 e. The van der Waals surface area contributed by atoms with Crippen LogP contribution < -0.4 is 0 Å². The first-order chi connectivity index (χ1) is 6.93. The largest absolute Gasteiger partial charge is 0.391 e. The number of likely N-dealkylation sites (tertiary alicyclic amines) is 1. The molecule has 0 aromatic heterocycles. The number of nitrogens with zero attached hydrogens (tertiary/aromatic N) is 1. The molecule has 0 aromatic rings. The maximum absolute atomic E-state index is 9.99. The molecular formula is C12H25NO2. The maximum atomic E-state index is 9.99. The highest BCUT2D eigenvalue weighted by Crippen LogP contribution is 2.21. The van der Waals surface area contributed by atoms with Gasteiger partial charge in [0.05, 0.1) is 12.2 Å². The SMILES string of the molecule is COC1CCN(CC(O)C(C)(C)C)CC1. The van der Waals surface area contributed by atoms with Crippen molar-refractivity contribution >= 4 is 0 Å². The van der Waals surface area contributed by atoms with E-state index in [1.54, 1.807) is 7.11 Å². The molecule has 1 fully saturated rings. The van der Waals surface area contributed by atoms with Crippen molar-refractivity contribution in [1.82, 2.24) is 4.90 Å². The van der Waals surface area contributed by atoms with Crippen LogP contribution in [-0.2, 0) is 4.74 Å². The summed E-state index contributed by atoms with van der Waals surface area (Å²) in [5, 5.41) is 9.99. The fraction of sp³-hybridized carbons (Fsp3) is 1.00. The molecule has 3 nitrogen and oxygen atoms in total. The average Bonchev–Trinajstić information content (AvgIpc) is 2.17. The second kappa shape index (κ2) is 5.28. The Labute approximate surface area is 93.4 Å². The highest BCUT2D eigenvalue weighted by atomic mass is 16.5. The zero-order valence-corrected chi connectivity index (χ0v) is 10.5. The molecule has 1 aliphatic heterocycles. The van der Waals surface area contributed by atoms with Crippen molar-refractivity contribution in [1.29, 1.82) is 0 Å². The van der Waals surface area contributed by atoms with Gasteiger partial charge in [-0.1, -0.05) is 20.8 Å². The highest BCUT2D eigenvalue weighted by Gasteiger charge is 2.26. The van der Waals surface area contributed by atoms with Crippen LogP contribution in [0.4, 0.5) is 0 Å². The molecule has 1 atom stereocenters. The number of β-amino-alcohol motifs (C(OH)–C–C–N with tert-alkyl or cyclic N) is 1. The van der Waals surface area contributed by atoms with Crippen molar-refractivity contribution in [3.8, 4) is 0 Å². The van der Waals surface area contributed by atoms with Crippen LogP contribution >= 0.6 is 0 Å². The number of rotatable bonds is 3. The van der Waals surface area contributed by atoms with E-state index >= 15 is 0 Å². The summed E-state index contributed by atoms with van der Waals surface area (Å²) in [4.78, 5) is 2.34. The third kappa shape index (κ3) is 4.09. The predicted molar refractivity (Wildman–Crippen MR) is 61.9 cm³/mol. The Bertz CT molecular complexity index is 181. The molecular weight excluding hydrogens is 190 g/mol. The summed E-state index contributed by atoms with van der Waals surface area (Å²) in [5.41, 5.74) is -0.0158. The number of ether oxygens (including phenoxy) is 1. The molecule has 15 heavy (non-hydrogen) atoms. The van der Waals surface area contributed by atoms with E-state index in [1.165, 1.54) is 0 Å². The van der Waals surface area contributed by atoms with E-state index in [2.05, 4.69) is 25.7 Å². The van der Waals surface area contributed by atoms with Gasteiger partial charge in [0, 0.05) is 26.7 Å². The summed E-state index contributed by atoms with van der Waals surface area (Å²) >= 11 is 0. The third-order valence-electron chi connectivity index (χ3n) is 3.30. The second-order valence-electron chi connectivity index (χ2n) is 5.62. The van der Waals surface area contributed by atoms with E-state index in [4.69, 9.17) is 4.74 Å². The van der Waals surface area contributed by atoms with E-state index < -0.39 is 0 Å². The number of piperidine rings is 1. The number of aliphatic hydroxyl groups excluding tert-OH is 1. The summed E-state index contributed by atoms with van der Waals surface area (Å²) in [7, 11) is 1.78. The molecule has 1 rings (SSSR count). The Hall–Kier alpha value is -0.120. The normalized spacial score (nSPS) is 23.0. The van der Waals surface area contributed by atoms with Crippen molar-refractivity contribution in [3.63, 3.8) is 0 Å². The van der Waals surface area contributed by atoms with Crippen LogP contribution in [0, 0.1) is 5.41 Å². The van der Waals surface area contributed by atoms with Crippen LogP contribution in [0.5, 0.6) is 0 Å². The lowest BCUT2D eigenvalue weighted by atomic mass is 9.88. The van der Waals surface area contributed by atoms with Crippen LogP contribution in [0.3, 0.4) is 0 Å². The molecule has 0 aromatic carbocycles. The molecule has 0 spiro atoms. The Balaban J connectivity index is 2.29. The number of methoxy groups -OCH3 is 1. The smallest absolute Gasteiger partial charge is 0.0715 e. The minimum absolute atomic E-state index is 0.0158. The summed E-state index contributed by atoms with van der Waals surface area (Å²) in [6.45, 7) is 9.13. The average molecular weight is 215 g/mol. The van der Waals surface area contributed by atoms with Gasteiger partial charge >= 0.3 is 0 Å². The Morgan fingerprint density at radius 2 is 1.87 bits per heavy atom. The monoisotopic (exact) mass is 215 g/mol. The first-order valence-electron chi connectivity index (χ1n) is 5.86. The van der Waals surface area contributed by atoms with E-state index in [1.807, 2.05) is 0 Å².